The van der Waals surface area contributed by atoms with Gasteiger partial charge >= 0.3 is 0 Å². The van der Waals surface area contributed by atoms with Crippen molar-refractivity contribution in [3.8, 4) is 5.75 Å². The number of rotatable bonds is 13. The molecule has 5 rings (SSSR count). The molecule has 252 valence electrons. The van der Waals surface area contributed by atoms with Crippen LogP contribution < -0.4 is 14.4 Å². The van der Waals surface area contributed by atoms with Crippen LogP contribution in [0.25, 0.3) is 0 Å². The maximum Gasteiger partial charge on any atom is 0.264 e. The van der Waals surface area contributed by atoms with E-state index in [0.717, 1.165) is 47.5 Å². The Bertz CT molecular complexity index is 1800. The highest BCUT2D eigenvalue weighted by Gasteiger charge is 2.36. The molecule has 1 fully saturated rings. The quantitative estimate of drug-likeness (QED) is 0.164. The predicted molar refractivity (Wildman–Crippen MR) is 190 cm³/mol. The van der Waals surface area contributed by atoms with Gasteiger partial charge in [0, 0.05) is 24.0 Å². The fourth-order valence-corrected chi connectivity index (χ4v) is 7.77. The van der Waals surface area contributed by atoms with Crippen molar-refractivity contribution >= 4 is 39.1 Å². The molecule has 0 unspecified atom stereocenters. The van der Waals surface area contributed by atoms with E-state index in [1.54, 1.807) is 42.5 Å². The maximum absolute atomic E-state index is 14.8. The summed E-state index contributed by atoms with van der Waals surface area (Å²) in [6, 6.07) is 28.9. The third-order valence-corrected chi connectivity index (χ3v) is 10.9. The second-order valence-corrected chi connectivity index (χ2v) is 14.4. The molecule has 1 atom stereocenters. The molecule has 0 heterocycles. The molecule has 1 saturated carbocycles. The number of halogens is 1. The number of ether oxygens (including phenoxy) is 1. The van der Waals surface area contributed by atoms with Crippen molar-refractivity contribution in [3.05, 3.63) is 125 Å². The van der Waals surface area contributed by atoms with Crippen LogP contribution >= 0.6 is 11.6 Å². The fraction of sp³-hybridized carbons (Fsp3) is 0.316. The number of methoxy groups -OCH3 is 1. The molecule has 1 aliphatic carbocycles. The lowest BCUT2D eigenvalue weighted by atomic mass is 9.94. The van der Waals surface area contributed by atoms with Crippen molar-refractivity contribution in [3.63, 3.8) is 0 Å². The monoisotopic (exact) mass is 687 g/mol. The molecular weight excluding hydrogens is 646 g/mol. The van der Waals surface area contributed by atoms with Gasteiger partial charge in [0.25, 0.3) is 10.0 Å². The van der Waals surface area contributed by atoms with Crippen molar-refractivity contribution < 1.29 is 22.7 Å². The summed E-state index contributed by atoms with van der Waals surface area (Å²) in [6.45, 7) is 1.26. The van der Waals surface area contributed by atoms with E-state index in [9.17, 15) is 18.0 Å². The Labute approximate surface area is 288 Å². The lowest BCUT2D eigenvalue weighted by Gasteiger charge is -2.35. The summed E-state index contributed by atoms with van der Waals surface area (Å²) in [6.07, 6.45) is 5.17. The van der Waals surface area contributed by atoms with Crippen LogP contribution in [-0.4, -0.2) is 50.9 Å². The summed E-state index contributed by atoms with van der Waals surface area (Å²) in [5.41, 5.74) is 2.51. The summed E-state index contributed by atoms with van der Waals surface area (Å²) in [7, 11) is -2.80. The lowest BCUT2D eigenvalue weighted by Crippen LogP contribution is -2.55. The van der Waals surface area contributed by atoms with Crippen LogP contribution in [0.1, 0.15) is 48.8 Å². The molecule has 0 aliphatic heterocycles. The van der Waals surface area contributed by atoms with E-state index >= 15 is 0 Å². The van der Waals surface area contributed by atoms with Crippen molar-refractivity contribution in [1.29, 1.82) is 0 Å². The summed E-state index contributed by atoms with van der Waals surface area (Å²) >= 11 is 6.62. The molecule has 0 saturated heterocycles. The first-order valence-electron chi connectivity index (χ1n) is 16.3. The van der Waals surface area contributed by atoms with Crippen LogP contribution in [0.3, 0.4) is 0 Å². The number of carbonyl (C=O) groups excluding carboxylic acids is 2. The molecule has 4 aromatic carbocycles. The highest BCUT2D eigenvalue weighted by atomic mass is 35.5. The number of nitrogens with one attached hydrogen (secondary N) is 1. The molecule has 0 aromatic heterocycles. The summed E-state index contributed by atoms with van der Waals surface area (Å²) in [5.74, 6) is -0.545. The molecule has 0 spiro atoms. The molecule has 48 heavy (non-hydrogen) atoms. The first kappa shape index (κ1) is 35.0. The molecule has 0 bridgehead atoms. The van der Waals surface area contributed by atoms with Gasteiger partial charge in [-0.05, 0) is 66.8 Å². The molecule has 8 nitrogen and oxygen atoms in total. The van der Waals surface area contributed by atoms with Crippen molar-refractivity contribution in [2.45, 2.75) is 69.0 Å². The largest absolute Gasteiger partial charge is 0.495 e. The zero-order valence-corrected chi connectivity index (χ0v) is 28.9. The Kier molecular flexibility index (Phi) is 11.8. The highest BCUT2D eigenvalue weighted by molar-refractivity contribution is 7.92. The SMILES string of the molecule is COc1ccc(C)cc1N(CC(=O)N(Cc1ccccc1Cl)[C@H](Cc1ccccc1)C(=O)NC1CCCCC1)S(=O)(=O)c1ccccc1. The van der Waals surface area contributed by atoms with E-state index in [1.165, 1.54) is 24.1 Å². The van der Waals surface area contributed by atoms with Gasteiger partial charge in [0.05, 0.1) is 17.7 Å². The highest BCUT2D eigenvalue weighted by Crippen LogP contribution is 2.34. The third-order valence-electron chi connectivity index (χ3n) is 8.73. The standard InChI is InChI=1S/C38H42ClN3O5S/c1-28-22-23-36(47-2)34(24-28)42(48(45,46)32-19-10-5-11-20-32)27-37(43)41(26-30-16-12-13-21-33(30)39)35(25-29-14-6-3-7-15-29)38(44)40-31-17-8-4-9-18-31/h3,5-7,10-16,19-24,31,35H,4,8-9,17-18,25-27H2,1-2H3,(H,40,44)/t35-/m1/s1. The topological polar surface area (TPSA) is 96.0 Å². The zero-order chi connectivity index (χ0) is 34.1. The maximum atomic E-state index is 14.8. The summed E-state index contributed by atoms with van der Waals surface area (Å²) in [4.78, 5) is 30.6. The number of hydrogen-bond donors (Lipinski definition) is 1. The van der Waals surface area contributed by atoms with Crippen LogP contribution in [0.5, 0.6) is 5.75 Å². The number of hydrogen-bond acceptors (Lipinski definition) is 5. The van der Waals surface area contributed by atoms with Crippen LogP contribution in [0, 0.1) is 6.92 Å². The minimum Gasteiger partial charge on any atom is -0.495 e. The Hall–Kier alpha value is -4.34. The second kappa shape index (κ2) is 16.2. The molecule has 0 radical (unpaired) electrons. The Morgan fingerprint density at radius 3 is 2.21 bits per heavy atom. The van der Waals surface area contributed by atoms with Gasteiger partial charge in [-0.15, -0.1) is 0 Å². The van der Waals surface area contributed by atoms with Gasteiger partial charge in [-0.1, -0.05) is 104 Å². The van der Waals surface area contributed by atoms with Crippen LogP contribution in [0.4, 0.5) is 5.69 Å². The average Bonchev–Trinajstić information content (AvgIpc) is 3.10. The van der Waals surface area contributed by atoms with Crippen LogP contribution in [0.15, 0.2) is 108 Å². The molecule has 10 heteroatoms. The molecule has 2 amide bonds. The van der Waals surface area contributed by atoms with Crippen molar-refractivity contribution in [2.24, 2.45) is 0 Å². The number of amides is 2. The fourth-order valence-electron chi connectivity index (χ4n) is 6.14. The molecular formula is C38H42ClN3O5S. The lowest BCUT2D eigenvalue weighted by molar-refractivity contribution is -0.140. The van der Waals surface area contributed by atoms with E-state index < -0.39 is 28.5 Å². The van der Waals surface area contributed by atoms with Gasteiger partial charge in [-0.2, -0.15) is 0 Å². The minimum absolute atomic E-state index is 0.00172. The van der Waals surface area contributed by atoms with Crippen LogP contribution in [-0.2, 0) is 32.6 Å². The number of nitrogens with zero attached hydrogens (tertiary/aromatic N) is 2. The summed E-state index contributed by atoms with van der Waals surface area (Å²) in [5, 5.41) is 3.66. The van der Waals surface area contributed by atoms with E-state index in [0.29, 0.717) is 16.3 Å². The van der Waals surface area contributed by atoms with Crippen LogP contribution in [0.2, 0.25) is 5.02 Å². The molecule has 1 aliphatic rings. The Balaban J connectivity index is 1.60. The average molecular weight is 688 g/mol. The second-order valence-electron chi connectivity index (χ2n) is 12.2. The van der Waals surface area contributed by atoms with Gasteiger partial charge in [-0.25, -0.2) is 8.42 Å². The van der Waals surface area contributed by atoms with E-state index in [1.807, 2.05) is 55.5 Å². The first-order valence-corrected chi connectivity index (χ1v) is 18.1. The van der Waals surface area contributed by atoms with Gasteiger partial charge < -0.3 is 15.0 Å². The molecule has 1 N–H and O–H groups in total. The predicted octanol–water partition coefficient (Wildman–Crippen LogP) is 6.94. The van der Waals surface area contributed by atoms with Crippen molar-refractivity contribution in [2.75, 3.05) is 18.0 Å². The van der Waals surface area contributed by atoms with E-state index in [2.05, 4.69) is 5.32 Å². The summed E-state index contributed by atoms with van der Waals surface area (Å²) < 4.78 is 35.4. The number of carbonyl (C=O) groups is 2. The minimum atomic E-state index is -4.26. The van der Waals surface area contributed by atoms with Gasteiger partial charge in [0.15, 0.2) is 0 Å². The van der Waals surface area contributed by atoms with E-state index in [-0.39, 0.29) is 35.5 Å². The van der Waals surface area contributed by atoms with Crippen molar-refractivity contribution in [1.82, 2.24) is 10.2 Å². The van der Waals surface area contributed by atoms with Gasteiger partial charge in [0.2, 0.25) is 11.8 Å². The van der Waals surface area contributed by atoms with E-state index in [4.69, 9.17) is 16.3 Å². The number of aryl methyl sites for hydroxylation is 1. The number of sulfonamides is 1. The Morgan fingerprint density at radius 1 is 0.896 bits per heavy atom. The van der Waals surface area contributed by atoms with Gasteiger partial charge in [-0.3, -0.25) is 13.9 Å². The zero-order valence-electron chi connectivity index (χ0n) is 27.3. The smallest absolute Gasteiger partial charge is 0.264 e. The first-order chi connectivity index (χ1) is 23.2. The Morgan fingerprint density at radius 2 is 1.54 bits per heavy atom. The normalized spacial score (nSPS) is 14.1. The van der Waals surface area contributed by atoms with Gasteiger partial charge in [0.1, 0.15) is 18.3 Å². The number of anilines is 1. The third kappa shape index (κ3) is 8.57. The number of benzene rings is 4. The molecule has 4 aromatic rings.